The van der Waals surface area contributed by atoms with Crippen LogP contribution in [0.2, 0.25) is 0 Å². The molecule has 1 saturated heterocycles. The number of halogens is 5. The van der Waals surface area contributed by atoms with Crippen LogP contribution in [0.3, 0.4) is 0 Å². The Bertz CT molecular complexity index is 1590. The number of Topliss-reactive ketones (excluding diaryl/α,β-unsaturated/α-hetero) is 1. The summed E-state index contributed by atoms with van der Waals surface area (Å²) >= 11 is 0. The summed E-state index contributed by atoms with van der Waals surface area (Å²) in [7, 11) is 1.31. The van der Waals surface area contributed by atoms with E-state index in [1.165, 1.54) is 31.1 Å². The topological polar surface area (TPSA) is 107 Å². The second-order valence-corrected chi connectivity index (χ2v) is 14.6. The summed E-state index contributed by atoms with van der Waals surface area (Å²) in [6, 6.07) is 1.23. The molecule has 9 nitrogen and oxygen atoms in total. The van der Waals surface area contributed by atoms with Crippen molar-refractivity contribution < 1.29 is 50.5 Å². The lowest BCUT2D eigenvalue weighted by Gasteiger charge is -2.35. The molecule has 1 saturated carbocycles. The predicted molar refractivity (Wildman–Crippen MR) is 169 cm³/mol. The van der Waals surface area contributed by atoms with Crippen molar-refractivity contribution in [3.05, 3.63) is 29.3 Å². The lowest BCUT2D eigenvalue weighted by molar-refractivity contribution is -0.141. The monoisotopic (exact) mass is 697 g/mol. The fraction of sp³-hybridized carbons (Fsp3) is 0.657. The zero-order valence-corrected chi connectivity index (χ0v) is 28.6. The zero-order chi connectivity index (χ0) is 36.1. The van der Waals surface area contributed by atoms with E-state index in [1.54, 1.807) is 27.7 Å². The summed E-state index contributed by atoms with van der Waals surface area (Å²) in [4.78, 5) is 45.9. The Kier molecular flexibility index (Phi) is 10.1. The molecule has 2 aromatic rings. The molecule has 1 aromatic heterocycles. The number of carbonyl (C=O) groups is 3. The SMILES string of the molecule is COc1ccc2c(C(F)(F)F)c3c(nc2c1)OC1CN(C(=O)C(C(C)(C)C)NC(=O)OC2CCCC2CCCCC3(F)F)C(C(C)=O)C1C. The number of methoxy groups -OCH3 is 1. The van der Waals surface area contributed by atoms with Crippen molar-refractivity contribution >= 4 is 28.7 Å². The number of aromatic nitrogens is 1. The number of nitrogens with one attached hydrogen (secondary N) is 1. The third-order valence-corrected chi connectivity index (χ3v) is 10.1. The van der Waals surface area contributed by atoms with E-state index in [9.17, 15) is 27.6 Å². The molecule has 2 aliphatic heterocycles. The van der Waals surface area contributed by atoms with E-state index >= 15 is 8.78 Å². The van der Waals surface area contributed by atoms with Gasteiger partial charge in [0, 0.05) is 23.8 Å². The molecule has 2 amide bonds. The van der Waals surface area contributed by atoms with Crippen LogP contribution >= 0.6 is 0 Å². The first-order valence-corrected chi connectivity index (χ1v) is 16.8. The molecule has 270 valence electrons. The summed E-state index contributed by atoms with van der Waals surface area (Å²) in [6.07, 6.45) is -6.06. The molecule has 3 heterocycles. The summed E-state index contributed by atoms with van der Waals surface area (Å²) in [6.45, 7) is 7.69. The summed E-state index contributed by atoms with van der Waals surface area (Å²) in [5.41, 5.74) is -4.06. The Labute approximate surface area is 282 Å². The van der Waals surface area contributed by atoms with Crippen LogP contribution in [0.4, 0.5) is 26.7 Å². The maximum Gasteiger partial charge on any atom is 0.417 e. The van der Waals surface area contributed by atoms with Crippen molar-refractivity contribution in [1.29, 1.82) is 0 Å². The number of alkyl halides is 5. The zero-order valence-electron chi connectivity index (χ0n) is 28.6. The minimum absolute atomic E-state index is 0.111. The molecule has 14 heteroatoms. The highest BCUT2D eigenvalue weighted by Gasteiger charge is 2.52. The van der Waals surface area contributed by atoms with Gasteiger partial charge in [-0.05, 0) is 62.5 Å². The van der Waals surface area contributed by atoms with Gasteiger partial charge in [0.25, 0.3) is 5.92 Å². The number of fused-ring (bicyclic) bond motifs is 5. The van der Waals surface area contributed by atoms with E-state index in [-0.39, 0.29) is 36.6 Å². The number of pyridine rings is 1. The van der Waals surface area contributed by atoms with Gasteiger partial charge in [-0.15, -0.1) is 0 Å². The van der Waals surface area contributed by atoms with Gasteiger partial charge in [-0.1, -0.05) is 34.1 Å². The Balaban J connectivity index is 1.68. The lowest BCUT2D eigenvalue weighted by Crippen LogP contribution is -2.57. The summed E-state index contributed by atoms with van der Waals surface area (Å²) in [5.74, 6) is -6.83. The number of amides is 2. The molecule has 0 radical (unpaired) electrons. The third kappa shape index (κ3) is 7.42. The van der Waals surface area contributed by atoms with Crippen LogP contribution in [0.25, 0.3) is 10.9 Å². The van der Waals surface area contributed by atoms with Gasteiger partial charge in [0.2, 0.25) is 11.8 Å². The standard InChI is InChI=1S/C35H44F5N3O6/c1-18-25-17-43(28(18)19(2)44)31(45)29(33(3,4)5)42-32(46)49-24-12-9-11-20(24)10-7-8-15-34(36,37)27-26(35(38,39)40)22-14-13-21(47-6)16-23(22)41-30(27)48-25/h13-14,16,18,20,24-25,28-29H,7-12,15,17H2,1-6H3,(H,42,46). The van der Waals surface area contributed by atoms with Gasteiger partial charge < -0.3 is 24.4 Å². The van der Waals surface area contributed by atoms with Crippen molar-refractivity contribution in [3.63, 3.8) is 0 Å². The van der Waals surface area contributed by atoms with Gasteiger partial charge in [0.1, 0.15) is 24.0 Å². The Morgan fingerprint density at radius 1 is 1.04 bits per heavy atom. The molecule has 3 aliphatic rings. The second kappa shape index (κ2) is 13.5. The van der Waals surface area contributed by atoms with Crippen LogP contribution in [-0.4, -0.2) is 65.6 Å². The van der Waals surface area contributed by atoms with Crippen molar-refractivity contribution in [1.82, 2.24) is 15.2 Å². The maximum atomic E-state index is 16.4. The van der Waals surface area contributed by atoms with Crippen molar-refractivity contribution in [3.8, 4) is 11.6 Å². The van der Waals surface area contributed by atoms with E-state index in [0.29, 0.717) is 19.3 Å². The van der Waals surface area contributed by atoms with Crippen molar-refractivity contribution in [2.24, 2.45) is 17.3 Å². The number of benzene rings is 1. The Morgan fingerprint density at radius 3 is 2.37 bits per heavy atom. The molecule has 49 heavy (non-hydrogen) atoms. The lowest BCUT2D eigenvalue weighted by atomic mass is 9.85. The normalized spacial score (nSPS) is 28.4. The molecule has 0 spiro atoms. The predicted octanol–water partition coefficient (Wildman–Crippen LogP) is 7.42. The molecular weight excluding hydrogens is 653 g/mol. The van der Waals surface area contributed by atoms with Crippen LogP contribution in [0, 0.1) is 17.3 Å². The van der Waals surface area contributed by atoms with Gasteiger partial charge in [-0.3, -0.25) is 9.59 Å². The van der Waals surface area contributed by atoms with Gasteiger partial charge in [-0.25, -0.2) is 18.6 Å². The second-order valence-electron chi connectivity index (χ2n) is 14.6. The first-order chi connectivity index (χ1) is 22.8. The molecular formula is C35H44F5N3O6. The fourth-order valence-electron chi connectivity index (χ4n) is 7.60. The molecule has 2 fully saturated rings. The highest BCUT2D eigenvalue weighted by molar-refractivity contribution is 5.93. The average molecular weight is 698 g/mol. The smallest absolute Gasteiger partial charge is 0.417 e. The van der Waals surface area contributed by atoms with Gasteiger partial charge in [0.15, 0.2) is 5.78 Å². The van der Waals surface area contributed by atoms with Crippen LogP contribution < -0.4 is 14.8 Å². The highest BCUT2D eigenvalue weighted by atomic mass is 19.4. The quantitative estimate of drug-likeness (QED) is 0.326. The van der Waals surface area contributed by atoms with E-state index in [1.807, 2.05) is 0 Å². The van der Waals surface area contributed by atoms with Gasteiger partial charge in [0.05, 0.1) is 36.3 Å². The first kappa shape index (κ1) is 36.6. The third-order valence-electron chi connectivity index (χ3n) is 10.1. The van der Waals surface area contributed by atoms with E-state index in [4.69, 9.17) is 14.2 Å². The Morgan fingerprint density at radius 2 is 1.73 bits per heavy atom. The minimum atomic E-state index is -5.22. The summed E-state index contributed by atoms with van der Waals surface area (Å²) < 4.78 is 94.4. The highest BCUT2D eigenvalue weighted by Crippen LogP contribution is 2.50. The Hall–Kier alpha value is -3.71. The van der Waals surface area contributed by atoms with Gasteiger partial charge >= 0.3 is 12.3 Å². The molecule has 1 aromatic carbocycles. The van der Waals surface area contributed by atoms with E-state index in [2.05, 4.69) is 10.3 Å². The molecule has 1 aliphatic carbocycles. The molecule has 5 rings (SSSR count). The molecule has 6 atom stereocenters. The van der Waals surface area contributed by atoms with Crippen LogP contribution in [0.15, 0.2) is 18.2 Å². The van der Waals surface area contributed by atoms with E-state index < -0.39 is 94.3 Å². The fourth-order valence-corrected chi connectivity index (χ4v) is 7.60. The molecule has 6 unspecified atom stereocenters. The summed E-state index contributed by atoms with van der Waals surface area (Å²) in [5, 5.41) is 2.17. The first-order valence-electron chi connectivity index (χ1n) is 16.8. The molecule has 1 N–H and O–H groups in total. The van der Waals surface area contributed by atoms with Crippen LogP contribution in [-0.2, 0) is 26.4 Å². The largest absolute Gasteiger partial charge is 0.497 e. The average Bonchev–Trinajstić information content (AvgIpc) is 3.58. The number of hydrogen-bond acceptors (Lipinski definition) is 7. The number of alkyl carbamates (subject to hydrolysis) is 1. The van der Waals surface area contributed by atoms with E-state index in [0.717, 1.165) is 12.5 Å². The van der Waals surface area contributed by atoms with Crippen molar-refractivity contribution in [2.45, 2.75) is 116 Å². The number of ether oxygens (including phenoxy) is 3. The van der Waals surface area contributed by atoms with Crippen molar-refractivity contribution in [2.75, 3.05) is 13.7 Å². The number of carbonyl (C=O) groups excluding carboxylic acids is 3. The number of nitrogens with zero attached hydrogens (tertiary/aromatic N) is 2. The number of ketones is 1. The molecule has 2 bridgehead atoms. The minimum Gasteiger partial charge on any atom is -0.497 e. The number of hydrogen-bond donors (Lipinski definition) is 1. The van der Waals surface area contributed by atoms with Gasteiger partial charge in [-0.2, -0.15) is 13.2 Å². The van der Waals surface area contributed by atoms with Crippen LogP contribution in [0.5, 0.6) is 11.6 Å². The maximum absolute atomic E-state index is 16.4. The van der Waals surface area contributed by atoms with Crippen LogP contribution in [0.1, 0.15) is 90.7 Å². The number of rotatable bonds is 2.